The monoisotopic (exact) mass is 217 g/mol. The molecule has 4 heteroatoms. The number of hydrogen-bond acceptors (Lipinski definition) is 3. The molecule has 4 nitrogen and oxygen atoms in total. The summed E-state index contributed by atoms with van der Waals surface area (Å²) in [4.78, 5) is 12.9. The van der Waals surface area contributed by atoms with Crippen LogP contribution in [0.4, 0.5) is 0 Å². The Kier molecular flexibility index (Phi) is 8.33. The highest BCUT2D eigenvalue weighted by Crippen LogP contribution is 2.08. The highest BCUT2D eigenvalue weighted by Gasteiger charge is 2.23. The molecule has 0 amide bonds. The molecule has 15 heavy (non-hydrogen) atoms. The molecule has 2 N–H and O–H groups in total. The van der Waals surface area contributed by atoms with Crippen molar-refractivity contribution in [2.75, 3.05) is 19.7 Å². The highest BCUT2D eigenvalue weighted by atomic mass is 16.4. The third-order valence-corrected chi connectivity index (χ3v) is 2.47. The lowest BCUT2D eigenvalue weighted by Crippen LogP contribution is -2.43. The Balaban J connectivity index is 4.29. The van der Waals surface area contributed by atoms with Crippen LogP contribution in [0.25, 0.3) is 0 Å². The largest absolute Gasteiger partial charge is 0.480 e. The minimum atomic E-state index is -0.776. The van der Waals surface area contributed by atoms with Gasteiger partial charge in [-0.25, -0.2) is 0 Å². The van der Waals surface area contributed by atoms with E-state index in [4.69, 9.17) is 10.2 Å². The van der Waals surface area contributed by atoms with Crippen LogP contribution in [0.5, 0.6) is 0 Å². The molecule has 0 saturated heterocycles. The van der Waals surface area contributed by atoms with Gasteiger partial charge in [-0.3, -0.25) is 9.69 Å². The van der Waals surface area contributed by atoms with E-state index in [0.29, 0.717) is 13.0 Å². The fraction of sp³-hybridized carbons (Fsp3) is 0.909. The molecule has 0 aliphatic carbocycles. The highest BCUT2D eigenvalue weighted by molar-refractivity contribution is 5.73. The number of unbranched alkanes of at least 4 members (excludes halogenated alkanes) is 1. The molecule has 0 aromatic carbocycles. The third kappa shape index (κ3) is 5.74. The summed E-state index contributed by atoms with van der Waals surface area (Å²) in [5.41, 5.74) is 0. The van der Waals surface area contributed by atoms with Crippen LogP contribution in [0.3, 0.4) is 0 Å². The van der Waals surface area contributed by atoms with E-state index in [2.05, 4.69) is 6.92 Å². The Morgan fingerprint density at radius 1 is 1.27 bits per heavy atom. The van der Waals surface area contributed by atoms with Crippen molar-refractivity contribution < 1.29 is 15.0 Å². The van der Waals surface area contributed by atoms with Crippen molar-refractivity contribution in [2.45, 2.75) is 45.6 Å². The number of carboxylic acid groups (broad SMARTS) is 1. The van der Waals surface area contributed by atoms with E-state index in [0.717, 1.165) is 25.8 Å². The fourth-order valence-corrected chi connectivity index (χ4v) is 1.65. The van der Waals surface area contributed by atoms with Crippen molar-refractivity contribution in [2.24, 2.45) is 0 Å². The van der Waals surface area contributed by atoms with Crippen LogP contribution in [-0.2, 0) is 4.79 Å². The van der Waals surface area contributed by atoms with Crippen molar-refractivity contribution in [3.63, 3.8) is 0 Å². The molecule has 0 aromatic heterocycles. The van der Waals surface area contributed by atoms with Crippen LogP contribution in [0.2, 0.25) is 0 Å². The van der Waals surface area contributed by atoms with E-state index in [1.807, 2.05) is 11.8 Å². The minimum absolute atomic E-state index is 0.0250. The predicted octanol–water partition coefficient (Wildman–Crippen LogP) is 1.33. The normalized spacial score (nSPS) is 13.1. The number of rotatable bonds is 9. The van der Waals surface area contributed by atoms with E-state index < -0.39 is 12.0 Å². The molecule has 0 bridgehead atoms. The number of aliphatic hydroxyl groups excluding tert-OH is 1. The molecule has 0 aromatic rings. The van der Waals surface area contributed by atoms with E-state index in [-0.39, 0.29) is 6.61 Å². The van der Waals surface area contributed by atoms with Gasteiger partial charge in [-0.05, 0) is 19.4 Å². The second kappa shape index (κ2) is 8.68. The van der Waals surface area contributed by atoms with E-state index in [9.17, 15) is 4.79 Å². The zero-order valence-electron chi connectivity index (χ0n) is 9.78. The summed E-state index contributed by atoms with van der Waals surface area (Å²) in [6.45, 7) is 5.29. The molecule has 90 valence electrons. The molecule has 0 fully saturated rings. The van der Waals surface area contributed by atoms with Gasteiger partial charge in [0, 0.05) is 6.54 Å². The molecule has 0 aliphatic rings. The zero-order chi connectivity index (χ0) is 11.7. The van der Waals surface area contributed by atoms with Gasteiger partial charge in [0.1, 0.15) is 6.04 Å². The molecule has 0 aliphatic heterocycles. The molecule has 0 spiro atoms. The minimum Gasteiger partial charge on any atom is -0.480 e. The quantitative estimate of drug-likeness (QED) is 0.611. The molecular formula is C11H23NO3. The Labute approximate surface area is 91.9 Å². The average molecular weight is 217 g/mol. The SMILES string of the molecule is CCCCN(CCO)C(CCC)C(=O)O. The number of carboxylic acids is 1. The van der Waals surface area contributed by atoms with Gasteiger partial charge in [0.2, 0.25) is 0 Å². The molecular weight excluding hydrogens is 194 g/mol. The summed E-state index contributed by atoms with van der Waals surface area (Å²) in [6.07, 6.45) is 3.53. The lowest BCUT2D eigenvalue weighted by Gasteiger charge is -2.27. The van der Waals surface area contributed by atoms with Gasteiger partial charge in [0.15, 0.2) is 0 Å². The number of nitrogens with zero attached hydrogens (tertiary/aromatic N) is 1. The van der Waals surface area contributed by atoms with Crippen LogP contribution < -0.4 is 0 Å². The molecule has 0 heterocycles. The van der Waals surface area contributed by atoms with Crippen molar-refractivity contribution in [1.82, 2.24) is 4.90 Å². The average Bonchev–Trinajstić information content (AvgIpc) is 2.21. The maximum atomic E-state index is 11.0. The van der Waals surface area contributed by atoms with Gasteiger partial charge < -0.3 is 10.2 Å². The smallest absolute Gasteiger partial charge is 0.320 e. The number of aliphatic hydroxyl groups is 1. The summed E-state index contributed by atoms with van der Waals surface area (Å²) in [6, 6.07) is -0.436. The summed E-state index contributed by atoms with van der Waals surface area (Å²) in [5.74, 6) is -0.776. The number of hydrogen-bond donors (Lipinski definition) is 2. The first-order valence-corrected chi connectivity index (χ1v) is 5.75. The predicted molar refractivity (Wildman–Crippen MR) is 59.9 cm³/mol. The van der Waals surface area contributed by atoms with Crippen LogP contribution in [0, 0.1) is 0 Å². The van der Waals surface area contributed by atoms with Crippen LogP contribution in [-0.4, -0.2) is 46.8 Å². The second-order valence-electron chi connectivity index (χ2n) is 3.76. The van der Waals surface area contributed by atoms with Crippen LogP contribution in [0.1, 0.15) is 39.5 Å². The zero-order valence-corrected chi connectivity index (χ0v) is 9.78. The van der Waals surface area contributed by atoms with Gasteiger partial charge in [0.25, 0.3) is 0 Å². The van der Waals surface area contributed by atoms with E-state index in [1.165, 1.54) is 0 Å². The number of aliphatic carboxylic acids is 1. The number of carbonyl (C=O) groups is 1. The van der Waals surface area contributed by atoms with Crippen molar-refractivity contribution in [3.8, 4) is 0 Å². The molecule has 0 radical (unpaired) electrons. The summed E-state index contributed by atoms with van der Waals surface area (Å²) < 4.78 is 0. The summed E-state index contributed by atoms with van der Waals surface area (Å²) >= 11 is 0. The molecule has 0 rings (SSSR count). The Morgan fingerprint density at radius 3 is 2.33 bits per heavy atom. The maximum absolute atomic E-state index is 11.0. The standard InChI is InChI=1S/C11H23NO3/c1-3-5-7-12(8-9-13)10(6-4-2)11(14)15/h10,13H,3-9H2,1-2H3,(H,14,15). The molecule has 1 unspecified atom stereocenters. The van der Waals surface area contributed by atoms with Gasteiger partial charge in [-0.15, -0.1) is 0 Å². The molecule has 0 saturated carbocycles. The van der Waals surface area contributed by atoms with Crippen LogP contribution in [0.15, 0.2) is 0 Å². The van der Waals surface area contributed by atoms with Crippen molar-refractivity contribution in [3.05, 3.63) is 0 Å². The first-order chi connectivity index (χ1) is 7.17. The fourth-order valence-electron chi connectivity index (χ4n) is 1.65. The van der Waals surface area contributed by atoms with E-state index >= 15 is 0 Å². The Hall–Kier alpha value is -0.610. The third-order valence-electron chi connectivity index (χ3n) is 2.47. The lowest BCUT2D eigenvalue weighted by molar-refractivity contribution is -0.143. The first kappa shape index (κ1) is 14.4. The summed E-state index contributed by atoms with van der Waals surface area (Å²) in [7, 11) is 0. The van der Waals surface area contributed by atoms with Crippen molar-refractivity contribution in [1.29, 1.82) is 0 Å². The molecule has 1 atom stereocenters. The topological polar surface area (TPSA) is 60.8 Å². The Bertz CT molecular complexity index is 173. The van der Waals surface area contributed by atoms with Crippen LogP contribution >= 0.6 is 0 Å². The Morgan fingerprint density at radius 2 is 1.93 bits per heavy atom. The summed E-state index contributed by atoms with van der Waals surface area (Å²) in [5, 5.41) is 18.0. The van der Waals surface area contributed by atoms with Crippen molar-refractivity contribution >= 4 is 5.97 Å². The van der Waals surface area contributed by atoms with Gasteiger partial charge in [-0.2, -0.15) is 0 Å². The van der Waals surface area contributed by atoms with E-state index in [1.54, 1.807) is 0 Å². The lowest BCUT2D eigenvalue weighted by atomic mass is 10.1. The first-order valence-electron chi connectivity index (χ1n) is 5.75. The second-order valence-corrected chi connectivity index (χ2v) is 3.76. The van der Waals surface area contributed by atoms with Gasteiger partial charge in [-0.1, -0.05) is 26.7 Å². The van der Waals surface area contributed by atoms with Gasteiger partial charge in [0.05, 0.1) is 6.61 Å². The maximum Gasteiger partial charge on any atom is 0.320 e. The van der Waals surface area contributed by atoms with Gasteiger partial charge >= 0.3 is 5.97 Å².